The molecule has 0 aliphatic rings. The standard InChI is InChI=1S/C13H11Cl.2C2H6/c14-13-9-5-4-8-12(13)10-11-6-2-1-3-7-11;2*1-2/h1-9H,10H2;2*1-2H3. The van der Waals surface area contributed by atoms with E-state index in [1.807, 2.05) is 64.1 Å². The smallest absolute Gasteiger partial charge is 0.0441 e. The number of hydrogen-bond acceptors (Lipinski definition) is 0. The largest absolute Gasteiger partial charge is 0.0840 e. The van der Waals surface area contributed by atoms with E-state index in [4.69, 9.17) is 11.6 Å². The van der Waals surface area contributed by atoms with E-state index in [-0.39, 0.29) is 0 Å². The summed E-state index contributed by atoms with van der Waals surface area (Å²) in [5.74, 6) is 0. The number of hydrogen-bond donors (Lipinski definition) is 0. The van der Waals surface area contributed by atoms with Crippen LogP contribution < -0.4 is 0 Å². The molecule has 1 heteroatoms. The van der Waals surface area contributed by atoms with Gasteiger partial charge in [-0.1, -0.05) is 87.8 Å². The van der Waals surface area contributed by atoms with E-state index in [1.54, 1.807) is 0 Å². The monoisotopic (exact) mass is 262 g/mol. The summed E-state index contributed by atoms with van der Waals surface area (Å²) in [6, 6.07) is 18.3. The Labute approximate surface area is 117 Å². The number of rotatable bonds is 2. The van der Waals surface area contributed by atoms with E-state index < -0.39 is 0 Å². The fourth-order valence-electron chi connectivity index (χ4n) is 1.46. The Morgan fingerprint density at radius 1 is 0.722 bits per heavy atom. The summed E-state index contributed by atoms with van der Waals surface area (Å²) in [5.41, 5.74) is 2.47. The first-order chi connectivity index (χ1) is 8.86. The second-order valence-corrected chi connectivity index (χ2v) is 3.66. The van der Waals surface area contributed by atoms with Gasteiger partial charge in [0.15, 0.2) is 0 Å². The highest BCUT2D eigenvalue weighted by Crippen LogP contribution is 2.18. The highest BCUT2D eigenvalue weighted by atomic mass is 35.5. The topological polar surface area (TPSA) is 0 Å². The minimum Gasteiger partial charge on any atom is -0.0840 e. The molecule has 0 heterocycles. The molecule has 98 valence electrons. The first kappa shape index (κ1) is 16.7. The average molecular weight is 263 g/mol. The highest BCUT2D eigenvalue weighted by molar-refractivity contribution is 6.31. The second kappa shape index (κ2) is 10.9. The minimum absolute atomic E-state index is 0.844. The highest BCUT2D eigenvalue weighted by Gasteiger charge is 1.99. The van der Waals surface area contributed by atoms with Crippen molar-refractivity contribution < 1.29 is 0 Å². The molecule has 2 rings (SSSR count). The maximum Gasteiger partial charge on any atom is 0.0441 e. The van der Waals surface area contributed by atoms with E-state index in [0.717, 1.165) is 11.4 Å². The van der Waals surface area contributed by atoms with E-state index in [1.165, 1.54) is 11.1 Å². The van der Waals surface area contributed by atoms with Gasteiger partial charge in [-0.2, -0.15) is 0 Å². The van der Waals surface area contributed by atoms with E-state index >= 15 is 0 Å². The van der Waals surface area contributed by atoms with Crippen LogP contribution in [-0.2, 0) is 6.42 Å². The van der Waals surface area contributed by atoms with Gasteiger partial charge in [-0.15, -0.1) is 0 Å². The summed E-state index contributed by atoms with van der Waals surface area (Å²) in [4.78, 5) is 0. The maximum atomic E-state index is 6.07. The van der Waals surface area contributed by atoms with Crippen molar-refractivity contribution in [3.05, 3.63) is 70.7 Å². The SMILES string of the molecule is CC.CC.Clc1ccccc1Cc1ccccc1. The quantitative estimate of drug-likeness (QED) is 0.624. The molecule has 0 saturated carbocycles. The molecule has 0 aliphatic carbocycles. The minimum atomic E-state index is 0.844. The Balaban J connectivity index is 0.000000659. The van der Waals surface area contributed by atoms with E-state index in [0.29, 0.717) is 0 Å². The molecular formula is C17H23Cl. The lowest BCUT2D eigenvalue weighted by atomic mass is 10.1. The van der Waals surface area contributed by atoms with Crippen LogP contribution in [0.1, 0.15) is 38.8 Å². The van der Waals surface area contributed by atoms with Gasteiger partial charge in [-0.05, 0) is 23.6 Å². The molecule has 0 saturated heterocycles. The Morgan fingerprint density at radius 2 is 1.22 bits per heavy atom. The van der Waals surface area contributed by atoms with Crippen LogP contribution in [-0.4, -0.2) is 0 Å². The predicted octanol–water partition coefficient (Wildman–Crippen LogP) is 5.98. The van der Waals surface area contributed by atoms with Crippen molar-refractivity contribution in [1.82, 2.24) is 0 Å². The van der Waals surface area contributed by atoms with Crippen molar-refractivity contribution in [3.8, 4) is 0 Å². The molecule has 2 aromatic carbocycles. The lowest BCUT2D eigenvalue weighted by molar-refractivity contribution is 1.19. The summed E-state index contributed by atoms with van der Waals surface area (Å²) < 4.78 is 0. The van der Waals surface area contributed by atoms with Crippen molar-refractivity contribution in [2.24, 2.45) is 0 Å². The molecule has 0 N–H and O–H groups in total. The Bertz CT molecular complexity index is 407. The van der Waals surface area contributed by atoms with Crippen LogP contribution in [0.4, 0.5) is 0 Å². The van der Waals surface area contributed by atoms with Crippen molar-refractivity contribution in [1.29, 1.82) is 0 Å². The van der Waals surface area contributed by atoms with Crippen LogP contribution in [0, 0.1) is 0 Å². The molecule has 0 nitrogen and oxygen atoms in total. The molecule has 0 aromatic heterocycles. The van der Waals surface area contributed by atoms with Gasteiger partial charge in [0.05, 0.1) is 0 Å². The maximum absolute atomic E-state index is 6.07. The fraction of sp³-hybridized carbons (Fsp3) is 0.294. The molecule has 0 aliphatic heterocycles. The fourth-order valence-corrected chi connectivity index (χ4v) is 1.66. The molecular weight excluding hydrogens is 240 g/mol. The van der Waals surface area contributed by atoms with Crippen molar-refractivity contribution in [2.75, 3.05) is 0 Å². The van der Waals surface area contributed by atoms with Gasteiger partial charge in [0, 0.05) is 5.02 Å². The third-order valence-electron chi connectivity index (χ3n) is 2.20. The number of halogens is 1. The molecule has 0 unspecified atom stereocenters. The summed E-state index contributed by atoms with van der Waals surface area (Å²) in [6.07, 6.45) is 0.903. The van der Waals surface area contributed by atoms with Gasteiger partial charge in [0.25, 0.3) is 0 Å². The summed E-state index contributed by atoms with van der Waals surface area (Å²) in [6.45, 7) is 8.00. The Hall–Kier alpha value is -1.27. The zero-order valence-corrected chi connectivity index (χ0v) is 12.5. The van der Waals surface area contributed by atoms with Crippen molar-refractivity contribution >= 4 is 11.6 Å². The van der Waals surface area contributed by atoms with Crippen LogP contribution in [0.15, 0.2) is 54.6 Å². The van der Waals surface area contributed by atoms with Gasteiger partial charge >= 0.3 is 0 Å². The van der Waals surface area contributed by atoms with E-state index in [2.05, 4.69) is 18.2 Å². The van der Waals surface area contributed by atoms with Crippen molar-refractivity contribution in [2.45, 2.75) is 34.1 Å². The zero-order valence-electron chi connectivity index (χ0n) is 11.8. The molecule has 0 fully saturated rings. The predicted molar refractivity (Wildman–Crippen MR) is 83.4 cm³/mol. The normalized spacial score (nSPS) is 8.50. The zero-order chi connectivity index (χ0) is 13.8. The summed E-state index contributed by atoms with van der Waals surface area (Å²) in [5, 5.41) is 0.844. The number of benzene rings is 2. The first-order valence-electron chi connectivity index (χ1n) is 6.63. The Morgan fingerprint density at radius 3 is 1.78 bits per heavy atom. The van der Waals surface area contributed by atoms with Gasteiger partial charge in [0.1, 0.15) is 0 Å². The molecule has 0 radical (unpaired) electrons. The van der Waals surface area contributed by atoms with Crippen LogP contribution in [0.5, 0.6) is 0 Å². The van der Waals surface area contributed by atoms with Gasteiger partial charge in [-0.25, -0.2) is 0 Å². The van der Waals surface area contributed by atoms with Crippen molar-refractivity contribution in [3.63, 3.8) is 0 Å². The molecule has 0 amide bonds. The summed E-state index contributed by atoms with van der Waals surface area (Å²) in [7, 11) is 0. The van der Waals surface area contributed by atoms with Crippen LogP contribution in [0.25, 0.3) is 0 Å². The van der Waals surface area contributed by atoms with Crippen LogP contribution in [0.2, 0.25) is 5.02 Å². The third-order valence-corrected chi connectivity index (χ3v) is 2.56. The molecule has 0 atom stereocenters. The van der Waals surface area contributed by atoms with Gasteiger partial charge < -0.3 is 0 Å². The van der Waals surface area contributed by atoms with E-state index in [9.17, 15) is 0 Å². The molecule has 0 bridgehead atoms. The van der Waals surface area contributed by atoms with Crippen LogP contribution >= 0.6 is 11.6 Å². The van der Waals surface area contributed by atoms with Gasteiger partial charge in [0.2, 0.25) is 0 Å². The second-order valence-electron chi connectivity index (χ2n) is 3.25. The molecule has 0 spiro atoms. The lowest BCUT2D eigenvalue weighted by Crippen LogP contribution is -1.87. The van der Waals surface area contributed by atoms with Crippen LogP contribution in [0.3, 0.4) is 0 Å². The summed E-state index contributed by atoms with van der Waals surface area (Å²) >= 11 is 6.07. The van der Waals surface area contributed by atoms with Gasteiger partial charge in [-0.3, -0.25) is 0 Å². The lowest BCUT2D eigenvalue weighted by Gasteiger charge is -2.03. The molecule has 2 aromatic rings. The molecule has 18 heavy (non-hydrogen) atoms. The Kier molecular flexibility index (Phi) is 10.1. The first-order valence-corrected chi connectivity index (χ1v) is 7.01. The average Bonchev–Trinajstić information content (AvgIpc) is 2.47. The third kappa shape index (κ3) is 5.88.